The van der Waals surface area contributed by atoms with E-state index in [0.29, 0.717) is 5.56 Å². The second kappa shape index (κ2) is 5.03. The second-order valence-electron chi connectivity index (χ2n) is 3.42. The number of nitrogens with two attached hydrogens (primary N) is 1. The Balaban J connectivity index is 3.20. The molecule has 0 aliphatic carbocycles. The Labute approximate surface area is 92.2 Å². The predicted octanol–water partition coefficient (Wildman–Crippen LogP) is 1.16. The summed E-state index contributed by atoms with van der Waals surface area (Å²) in [7, 11) is 1.16. The first-order chi connectivity index (χ1) is 7.60. The minimum Gasteiger partial charge on any atom is -0.468 e. The van der Waals surface area contributed by atoms with Crippen molar-refractivity contribution in [3.8, 4) is 0 Å². The number of carbonyl (C=O) groups is 1. The van der Waals surface area contributed by atoms with E-state index in [0.717, 1.165) is 19.2 Å². The number of rotatable bonds is 4. The van der Waals surface area contributed by atoms with Crippen LogP contribution in [0.2, 0.25) is 0 Å². The zero-order valence-corrected chi connectivity index (χ0v) is 8.87. The van der Waals surface area contributed by atoms with Crippen molar-refractivity contribution in [2.45, 2.75) is 5.41 Å². The molecule has 0 spiro atoms. The van der Waals surface area contributed by atoms with Crippen LogP contribution in [-0.2, 0) is 14.9 Å². The van der Waals surface area contributed by atoms with E-state index in [1.165, 1.54) is 12.1 Å². The summed E-state index contributed by atoms with van der Waals surface area (Å²) in [6.45, 7) is -1.22. The van der Waals surface area contributed by atoms with Crippen molar-refractivity contribution in [1.82, 2.24) is 0 Å². The lowest BCUT2D eigenvalue weighted by atomic mass is 9.82. The fraction of sp³-hybridized carbons (Fsp3) is 0.364. The van der Waals surface area contributed by atoms with E-state index >= 15 is 0 Å². The van der Waals surface area contributed by atoms with E-state index in [1.807, 2.05) is 0 Å². The van der Waals surface area contributed by atoms with Crippen LogP contribution in [0.15, 0.2) is 24.3 Å². The summed E-state index contributed by atoms with van der Waals surface area (Å²) in [6, 6.07) is 4.97. The lowest BCUT2D eigenvalue weighted by Gasteiger charge is -2.26. The number of hydrogen-bond donors (Lipinski definition) is 1. The van der Waals surface area contributed by atoms with Crippen molar-refractivity contribution in [3.63, 3.8) is 0 Å². The molecule has 0 radical (unpaired) electrons. The Kier molecular flexibility index (Phi) is 3.95. The van der Waals surface area contributed by atoms with Crippen LogP contribution in [0.4, 0.5) is 8.78 Å². The lowest BCUT2D eigenvalue weighted by Crippen LogP contribution is -2.45. The summed E-state index contributed by atoms with van der Waals surface area (Å²) in [5.74, 6) is -1.22. The van der Waals surface area contributed by atoms with Gasteiger partial charge in [0.15, 0.2) is 0 Å². The molecule has 16 heavy (non-hydrogen) atoms. The van der Waals surface area contributed by atoms with E-state index in [2.05, 4.69) is 4.74 Å². The molecule has 0 amide bonds. The van der Waals surface area contributed by atoms with Gasteiger partial charge in [0.1, 0.15) is 17.9 Å². The van der Waals surface area contributed by atoms with Gasteiger partial charge in [-0.1, -0.05) is 12.1 Å². The Morgan fingerprint density at radius 3 is 2.38 bits per heavy atom. The molecule has 1 rings (SSSR count). The first kappa shape index (κ1) is 12.6. The molecule has 0 fully saturated rings. The molecular formula is C11H13F2NO2. The minimum atomic E-state index is -1.54. The fourth-order valence-electron chi connectivity index (χ4n) is 1.47. The molecule has 0 aliphatic heterocycles. The van der Waals surface area contributed by atoms with E-state index in [1.54, 1.807) is 0 Å². The normalized spacial score (nSPS) is 14.2. The standard InChI is InChI=1S/C11H13F2NO2/c1-16-10(15)11(6-12,7-14)8-2-4-9(13)5-3-8/h2-5H,6-7,14H2,1H3. The number of halogens is 2. The average molecular weight is 229 g/mol. The van der Waals surface area contributed by atoms with Gasteiger partial charge in [-0.15, -0.1) is 0 Å². The van der Waals surface area contributed by atoms with Gasteiger partial charge in [-0.05, 0) is 17.7 Å². The third-order valence-corrected chi connectivity index (χ3v) is 2.55. The highest BCUT2D eigenvalue weighted by Crippen LogP contribution is 2.25. The van der Waals surface area contributed by atoms with Crippen molar-refractivity contribution in [3.05, 3.63) is 35.6 Å². The molecule has 0 saturated heterocycles. The SMILES string of the molecule is COC(=O)C(CN)(CF)c1ccc(F)cc1. The van der Waals surface area contributed by atoms with Gasteiger partial charge in [-0.3, -0.25) is 4.79 Å². The number of alkyl halides is 1. The zero-order chi connectivity index (χ0) is 12.2. The molecular weight excluding hydrogens is 216 g/mol. The number of carbonyl (C=O) groups excluding carboxylic acids is 1. The quantitative estimate of drug-likeness (QED) is 0.788. The van der Waals surface area contributed by atoms with Gasteiger partial charge in [-0.25, -0.2) is 8.78 Å². The van der Waals surface area contributed by atoms with Gasteiger partial charge >= 0.3 is 5.97 Å². The zero-order valence-electron chi connectivity index (χ0n) is 8.87. The molecule has 0 aliphatic rings. The average Bonchev–Trinajstić information content (AvgIpc) is 2.33. The van der Waals surface area contributed by atoms with Gasteiger partial charge in [-0.2, -0.15) is 0 Å². The molecule has 1 aromatic carbocycles. The van der Waals surface area contributed by atoms with E-state index in [9.17, 15) is 13.6 Å². The van der Waals surface area contributed by atoms with Crippen LogP contribution in [0.25, 0.3) is 0 Å². The molecule has 3 nitrogen and oxygen atoms in total. The number of esters is 1. The fourth-order valence-corrected chi connectivity index (χ4v) is 1.47. The summed E-state index contributed by atoms with van der Waals surface area (Å²) < 4.78 is 30.3. The highest BCUT2D eigenvalue weighted by atomic mass is 19.1. The smallest absolute Gasteiger partial charge is 0.320 e. The maximum Gasteiger partial charge on any atom is 0.320 e. The Bertz CT molecular complexity index is 361. The Morgan fingerprint density at radius 1 is 1.44 bits per heavy atom. The van der Waals surface area contributed by atoms with Crippen LogP contribution >= 0.6 is 0 Å². The molecule has 1 aromatic rings. The molecule has 0 saturated carbocycles. The molecule has 1 atom stereocenters. The van der Waals surface area contributed by atoms with Crippen LogP contribution in [0.5, 0.6) is 0 Å². The Hall–Kier alpha value is -1.49. The third kappa shape index (κ3) is 2.04. The van der Waals surface area contributed by atoms with Crippen molar-refractivity contribution in [1.29, 1.82) is 0 Å². The van der Waals surface area contributed by atoms with E-state index in [-0.39, 0.29) is 6.54 Å². The second-order valence-corrected chi connectivity index (χ2v) is 3.42. The molecule has 1 unspecified atom stereocenters. The number of methoxy groups -OCH3 is 1. The van der Waals surface area contributed by atoms with Crippen LogP contribution in [0.1, 0.15) is 5.56 Å². The molecule has 88 valence electrons. The first-order valence-electron chi connectivity index (χ1n) is 4.71. The highest BCUT2D eigenvalue weighted by molar-refractivity contribution is 5.83. The third-order valence-electron chi connectivity index (χ3n) is 2.55. The molecule has 5 heteroatoms. The number of hydrogen-bond acceptors (Lipinski definition) is 3. The summed E-state index contributed by atoms with van der Waals surface area (Å²) >= 11 is 0. The summed E-state index contributed by atoms with van der Waals surface area (Å²) in [4.78, 5) is 11.5. The van der Waals surface area contributed by atoms with Crippen molar-refractivity contribution >= 4 is 5.97 Å². The monoisotopic (exact) mass is 229 g/mol. The molecule has 0 heterocycles. The van der Waals surface area contributed by atoms with Gasteiger partial charge in [0.25, 0.3) is 0 Å². The van der Waals surface area contributed by atoms with Gasteiger partial charge < -0.3 is 10.5 Å². The summed E-state index contributed by atoms with van der Waals surface area (Å²) in [5, 5.41) is 0. The van der Waals surface area contributed by atoms with Crippen LogP contribution < -0.4 is 5.73 Å². The number of ether oxygens (including phenoxy) is 1. The summed E-state index contributed by atoms with van der Waals surface area (Å²) in [5.41, 5.74) is 4.20. The van der Waals surface area contributed by atoms with Crippen molar-refractivity contribution in [2.24, 2.45) is 5.73 Å². The van der Waals surface area contributed by atoms with E-state index < -0.39 is 23.9 Å². The van der Waals surface area contributed by atoms with Crippen LogP contribution in [-0.4, -0.2) is 26.3 Å². The molecule has 2 N–H and O–H groups in total. The van der Waals surface area contributed by atoms with Crippen molar-refractivity contribution < 1.29 is 18.3 Å². The van der Waals surface area contributed by atoms with Crippen molar-refractivity contribution in [2.75, 3.05) is 20.3 Å². The highest BCUT2D eigenvalue weighted by Gasteiger charge is 2.40. The summed E-state index contributed by atoms with van der Waals surface area (Å²) in [6.07, 6.45) is 0. The topological polar surface area (TPSA) is 52.3 Å². The van der Waals surface area contributed by atoms with Gasteiger partial charge in [0.2, 0.25) is 0 Å². The first-order valence-corrected chi connectivity index (χ1v) is 4.71. The largest absolute Gasteiger partial charge is 0.468 e. The maximum absolute atomic E-state index is 13.1. The lowest BCUT2D eigenvalue weighted by molar-refractivity contribution is -0.147. The number of benzene rings is 1. The van der Waals surface area contributed by atoms with Crippen LogP contribution in [0, 0.1) is 5.82 Å². The molecule has 0 aromatic heterocycles. The van der Waals surface area contributed by atoms with Gasteiger partial charge in [0, 0.05) is 6.54 Å². The Morgan fingerprint density at radius 2 is 2.00 bits per heavy atom. The van der Waals surface area contributed by atoms with Gasteiger partial charge in [0.05, 0.1) is 7.11 Å². The predicted molar refractivity (Wildman–Crippen MR) is 55.1 cm³/mol. The molecule has 0 bridgehead atoms. The van der Waals surface area contributed by atoms with E-state index in [4.69, 9.17) is 5.73 Å². The van der Waals surface area contributed by atoms with Crippen LogP contribution in [0.3, 0.4) is 0 Å². The maximum atomic E-state index is 13.1. The minimum absolute atomic E-state index is 0.234.